The van der Waals surface area contributed by atoms with Gasteiger partial charge < -0.3 is 20.3 Å². The number of ether oxygens (including phenoxy) is 1. The van der Waals surface area contributed by atoms with Crippen LogP contribution in [0.2, 0.25) is 0 Å². The van der Waals surface area contributed by atoms with E-state index in [9.17, 15) is 14.4 Å². The maximum Gasteiger partial charge on any atom is 0.409 e. The van der Waals surface area contributed by atoms with E-state index in [2.05, 4.69) is 17.6 Å². The predicted octanol–water partition coefficient (Wildman–Crippen LogP) is 2.57. The van der Waals surface area contributed by atoms with Crippen LogP contribution in [0, 0.1) is 0 Å². The van der Waals surface area contributed by atoms with Crippen molar-refractivity contribution in [2.75, 3.05) is 26.2 Å². The Balaban J connectivity index is 1.87. The minimum atomic E-state index is -0.302. The zero-order valence-electron chi connectivity index (χ0n) is 16.1. The van der Waals surface area contributed by atoms with Crippen LogP contribution in [-0.4, -0.2) is 55.1 Å². The summed E-state index contributed by atoms with van der Waals surface area (Å²) in [6.45, 7) is 5.95. The predicted molar refractivity (Wildman–Crippen MR) is 103 cm³/mol. The molecule has 1 fully saturated rings. The fourth-order valence-corrected chi connectivity index (χ4v) is 2.97. The molecule has 7 heteroatoms. The lowest BCUT2D eigenvalue weighted by molar-refractivity contribution is 0.0859. The van der Waals surface area contributed by atoms with Crippen LogP contribution in [0.25, 0.3) is 0 Å². The van der Waals surface area contributed by atoms with E-state index >= 15 is 0 Å². The van der Waals surface area contributed by atoms with E-state index in [-0.39, 0.29) is 23.9 Å². The van der Waals surface area contributed by atoms with Crippen molar-refractivity contribution in [2.24, 2.45) is 0 Å². The minimum Gasteiger partial charge on any atom is -0.450 e. The van der Waals surface area contributed by atoms with E-state index in [0.717, 1.165) is 12.8 Å². The zero-order valence-corrected chi connectivity index (χ0v) is 16.1. The second-order valence-corrected chi connectivity index (χ2v) is 6.62. The van der Waals surface area contributed by atoms with Crippen LogP contribution in [0.15, 0.2) is 24.3 Å². The molecule has 2 rings (SSSR count). The third-order valence-electron chi connectivity index (χ3n) is 4.56. The Hall–Kier alpha value is -2.57. The number of piperidine rings is 1. The third kappa shape index (κ3) is 6.27. The molecule has 3 amide bonds. The Kier molecular flexibility index (Phi) is 8.10. The first kappa shape index (κ1) is 20.7. The van der Waals surface area contributed by atoms with Crippen LogP contribution in [0.5, 0.6) is 0 Å². The molecule has 1 aliphatic heterocycles. The van der Waals surface area contributed by atoms with Gasteiger partial charge in [-0.15, -0.1) is 0 Å². The van der Waals surface area contributed by atoms with Crippen LogP contribution in [0.4, 0.5) is 4.79 Å². The Morgan fingerprint density at radius 1 is 1.11 bits per heavy atom. The second kappa shape index (κ2) is 10.5. The van der Waals surface area contributed by atoms with E-state index in [1.54, 1.807) is 36.1 Å². The van der Waals surface area contributed by atoms with Gasteiger partial charge in [-0.25, -0.2) is 4.79 Å². The number of likely N-dealkylation sites (tertiary alicyclic amines) is 1. The van der Waals surface area contributed by atoms with Crippen LogP contribution in [0.3, 0.4) is 0 Å². The van der Waals surface area contributed by atoms with Crippen LogP contribution in [0.1, 0.15) is 60.2 Å². The first-order valence-electron chi connectivity index (χ1n) is 9.66. The number of benzene rings is 1. The summed E-state index contributed by atoms with van der Waals surface area (Å²) < 4.78 is 5.00. The largest absolute Gasteiger partial charge is 0.450 e. The lowest BCUT2D eigenvalue weighted by Gasteiger charge is -2.31. The van der Waals surface area contributed by atoms with Crippen molar-refractivity contribution < 1.29 is 19.1 Å². The molecule has 2 N–H and O–H groups in total. The Morgan fingerprint density at radius 3 is 2.41 bits per heavy atom. The van der Waals surface area contributed by atoms with Gasteiger partial charge in [-0.3, -0.25) is 9.59 Å². The van der Waals surface area contributed by atoms with Gasteiger partial charge in [-0.1, -0.05) is 19.4 Å². The number of unbranched alkanes of at least 4 members (excludes halogenated alkanes) is 1. The van der Waals surface area contributed by atoms with Gasteiger partial charge in [0.15, 0.2) is 0 Å². The number of rotatable bonds is 7. The number of amides is 3. The van der Waals surface area contributed by atoms with Crippen LogP contribution >= 0.6 is 0 Å². The molecule has 27 heavy (non-hydrogen) atoms. The lowest BCUT2D eigenvalue weighted by Crippen LogP contribution is -2.46. The molecule has 0 unspecified atom stereocenters. The van der Waals surface area contributed by atoms with Crippen LogP contribution < -0.4 is 10.6 Å². The summed E-state index contributed by atoms with van der Waals surface area (Å²) in [5, 5.41) is 5.85. The molecule has 0 aromatic heterocycles. The van der Waals surface area contributed by atoms with Gasteiger partial charge in [0, 0.05) is 36.8 Å². The smallest absolute Gasteiger partial charge is 0.409 e. The Labute approximate surface area is 160 Å². The molecule has 1 aromatic carbocycles. The highest BCUT2D eigenvalue weighted by molar-refractivity contribution is 5.99. The Morgan fingerprint density at radius 2 is 1.78 bits per heavy atom. The van der Waals surface area contributed by atoms with Gasteiger partial charge in [-0.2, -0.15) is 0 Å². The summed E-state index contributed by atoms with van der Waals surface area (Å²) in [6, 6.07) is 6.74. The zero-order chi connectivity index (χ0) is 19.6. The minimum absolute atomic E-state index is 0.00483. The van der Waals surface area contributed by atoms with E-state index in [0.29, 0.717) is 50.2 Å². The molecule has 0 saturated carbocycles. The normalized spacial score (nSPS) is 14.5. The number of hydrogen-bond acceptors (Lipinski definition) is 4. The molecule has 1 saturated heterocycles. The standard InChI is InChI=1S/C20H29N3O4/c1-3-5-11-21-18(24)15-7-6-8-16(14-15)19(25)22-17-9-12-23(13-10-17)20(26)27-4-2/h6-8,14,17H,3-5,9-13H2,1-2H3,(H,21,24)(H,22,25). The maximum atomic E-state index is 12.5. The fraction of sp³-hybridized carbons (Fsp3) is 0.550. The summed E-state index contributed by atoms with van der Waals surface area (Å²) in [6.07, 6.45) is 3.00. The van der Waals surface area contributed by atoms with Crippen molar-refractivity contribution in [3.8, 4) is 0 Å². The molecule has 1 heterocycles. The number of nitrogens with one attached hydrogen (secondary N) is 2. The lowest BCUT2D eigenvalue weighted by atomic mass is 10.0. The molecule has 148 valence electrons. The first-order valence-corrected chi connectivity index (χ1v) is 9.66. The van der Waals surface area contributed by atoms with Crippen molar-refractivity contribution in [1.82, 2.24) is 15.5 Å². The molecule has 0 aliphatic carbocycles. The maximum absolute atomic E-state index is 12.5. The van der Waals surface area contributed by atoms with Gasteiger partial charge in [0.1, 0.15) is 0 Å². The van der Waals surface area contributed by atoms with Gasteiger partial charge in [0.25, 0.3) is 11.8 Å². The first-order chi connectivity index (χ1) is 13.0. The molecule has 0 bridgehead atoms. The van der Waals surface area contributed by atoms with Crippen molar-refractivity contribution in [2.45, 2.75) is 45.6 Å². The topological polar surface area (TPSA) is 87.7 Å². The summed E-state index contributed by atoms with van der Waals surface area (Å²) in [4.78, 5) is 38.0. The van der Waals surface area contributed by atoms with Gasteiger partial charge >= 0.3 is 6.09 Å². The highest BCUT2D eigenvalue weighted by Gasteiger charge is 2.25. The van der Waals surface area contributed by atoms with Gasteiger partial charge in [0.2, 0.25) is 0 Å². The third-order valence-corrected chi connectivity index (χ3v) is 4.56. The molecule has 1 aliphatic rings. The number of hydrogen-bond donors (Lipinski definition) is 2. The van der Waals surface area contributed by atoms with Crippen LogP contribution in [-0.2, 0) is 4.74 Å². The van der Waals surface area contributed by atoms with Crippen molar-refractivity contribution in [3.63, 3.8) is 0 Å². The summed E-state index contributed by atoms with van der Waals surface area (Å²) in [5.41, 5.74) is 0.946. The monoisotopic (exact) mass is 375 g/mol. The average Bonchev–Trinajstić information content (AvgIpc) is 2.69. The van der Waals surface area contributed by atoms with E-state index in [1.165, 1.54) is 0 Å². The molecule has 1 aromatic rings. The second-order valence-electron chi connectivity index (χ2n) is 6.62. The molecule has 0 spiro atoms. The Bertz CT molecular complexity index is 654. The number of carbonyl (C=O) groups is 3. The highest BCUT2D eigenvalue weighted by Crippen LogP contribution is 2.13. The van der Waals surface area contributed by atoms with E-state index < -0.39 is 0 Å². The van der Waals surface area contributed by atoms with E-state index in [1.807, 2.05) is 0 Å². The van der Waals surface area contributed by atoms with E-state index in [4.69, 9.17) is 4.74 Å². The molecule has 7 nitrogen and oxygen atoms in total. The molecule has 0 atom stereocenters. The summed E-state index contributed by atoms with van der Waals surface area (Å²) in [7, 11) is 0. The number of carbonyl (C=O) groups excluding carboxylic acids is 3. The summed E-state index contributed by atoms with van der Waals surface area (Å²) in [5.74, 6) is -0.367. The molecular weight excluding hydrogens is 346 g/mol. The van der Waals surface area contributed by atoms with Crippen molar-refractivity contribution in [3.05, 3.63) is 35.4 Å². The molecule has 0 radical (unpaired) electrons. The fourth-order valence-electron chi connectivity index (χ4n) is 2.97. The quantitative estimate of drug-likeness (QED) is 0.717. The van der Waals surface area contributed by atoms with Crippen molar-refractivity contribution >= 4 is 17.9 Å². The SMILES string of the molecule is CCCCNC(=O)c1cccc(C(=O)NC2CCN(C(=O)OCC)CC2)c1. The number of nitrogens with zero attached hydrogens (tertiary/aromatic N) is 1. The van der Waals surface area contributed by atoms with Gasteiger partial charge in [-0.05, 0) is 44.4 Å². The van der Waals surface area contributed by atoms with Crippen molar-refractivity contribution in [1.29, 1.82) is 0 Å². The molecular formula is C20H29N3O4. The summed E-state index contributed by atoms with van der Waals surface area (Å²) >= 11 is 0. The highest BCUT2D eigenvalue weighted by atomic mass is 16.6. The van der Waals surface area contributed by atoms with Gasteiger partial charge in [0.05, 0.1) is 6.61 Å². The average molecular weight is 375 g/mol.